The molecule has 0 spiro atoms. The van der Waals surface area contributed by atoms with Crippen LogP contribution in [0.2, 0.25) is 0 Å². The van der Waals surface area contributed by atoms with E-state index in [0.29, 0.717) is 18.4 Å². The van der Waals surface area contributed by atoms with E-state index in [9.17, 15) is 9.18 Å². The van der Waals surface area contributed by atoms with Crippen LogP contribution >= 0.6 is 0 Å². The highest BCUT2D eigenvalue weighted by Gasteiger charge is 2.23. The number of hydrogen-bond acceptors (Lipinski definition) is 4. The molecule has 0 aliphatic heterocycles. The van der Waals surface area contributed by atoms with Gasteiger partial charge in [-0.2, -0.15) is 0 Å². The lowest BCUT2D eigenvalue weighted by Crippen LogP contribution is -2.30. The maximum absolute atomic E-state index is 13.7. The fourth-order valence-corrected chi connectivity index (χ4v) is 1.67. The first kappa shape index (κ1) is 15.4. The van der Waals surface area contributed by atoms with Crippen molar-refractivity contribution in [2.45, 2.75) is 39.4 Å². The Hall–Kier alpha value is -1.62. The largest absolute Gasteiger partial charge is 0.475 e. The Bertz CT molecular complexity index is 420. The predicted octanol–water partition coefficient (Wildman–Crippen LogP) is 2.43. The Morgan fingerprint density at radius 3 is 2.74 bits per heavy atom. The van der Waals surface area contributed by atoms with E-state index in [1.807, 2.05) is 6.92 Å². The zero-order chi connectivity index (χ0) is 14.3. The van der Waals surface area contributed by atoms with Gasteiger partial charge in [-0.1, -0.05) is 25.5 Å². The van der Waals surface area contributed by atoms with E-state index in [0.717, 1.165) is 0 Å². The van der Waals surface area contributed by atoms with Gasteiger partial charge >= 0.3 is 5.97 Å². The van der Waals surface area contributed by atoms with Gasteiger partial charge in [0, 0.05) is 5.56 Å². The number of aliphatic hydroxyl groups excluding tert-OH is 1. The van der Waals surface area contributed by atoms with Crippen molar-refractivity contribution in [1.29, 1.82) is 0 Å². The minimum absolute atomic E-state index is 0.0866. The first-order valence-corrected chi connectivity index (χ1v) is 6.35. The van der Waals surface area contributed by atoms with Crippen molar-refractivity contribution in [3.8, 4) is 5.75 Å². The predicted molar refractivity (Wildman–Crippen MR) is 68.3 cm³/mol. The summed E-state index contributed by atoms with van der Waals surface area (Å²) in [5.41, 5.74) is 0.311. The first-order chi connectivity index (χ1) is 9.13. The molecular formula is C14H19FO4. The Kier molecular flexibility index (Phi) is 6.29. The van der Waals surface area contributed by atoms with E-state index < -0.39 is 17.9 Å². The summed E-state index contributed by atoms with van der Waals surface area (Å²) >= 11 is 0. The summed E-state index contributed by atoms with van der Waals surface area (Å²) in [7, 11) is 0. The molecule has 19 heavy (non-hydrogen) atoms. The molecule has 0 aliphatic carbocycles. The molecule has 0 fully saturated rings. The molecule has 1 atom stereocenters. The lowest BCUT2D eigenvalue weighted by Gasteiger charge is -2.19. The van der Waals surface area contributed by atoms with E-state index in [1.165, 1.54) is 12.1 Å². The third-order valence-electron chi connectivity index (χ3n) is 2.58. The van der Waals surface area contributed by atoms with Crippen LogP contribution in [0.15, 0.2) is 18.2 Å². The average molecular weight is 270 g/mol. The molecule has 1 rings (SSSR count). The van der Waals surface area contributed by atoms with Gasteiger partial charge in [0.2, 0.25) is 0 Å². The number of carbonyl (C=O) groups is 1. The summed E-state index contributed by atoms with van der Waals surface area (Å²) < 4.78 is 24.0. The zero-order valence-corrected chi connectivity index (χ0v) is 11.2. The van der Waals surface area contributed by atoms with Crippen molar-refractivity contribution in [1.82, 2.24) is 0 Å². The summed E-state index contributed by atoms with van der Waals surface area (Å²) in [6.45, 7) is 3.48. The number of rotatable bonds is 7. The van der Waals surface area contributed by atoms with Gasteiger partial charge in [-0.05, 0) is 19.4 Å². The van der Waals surface area contributed by atoms with E-state index >= 15 is 0 Å². The summed E-state index contributed by atoms with van der Waals surface area (Å²) in [6.07, 6.45) is 0.275. The second kappa shape index (κ2) is 7.74. The molecule has 0 radical (unpaired) electrons. The molecule has 0 amide bonds. The van der Waals surface area contributed by atoms with Crippen LogP contribution in [-0.2, 0) is 16.1 Å². The van der Waals surface area contributed by atoms with Crippen molar-refractivity contribution in [3.05, 3.63) is 29.6 Å². The summed E-state index contributed by atoms with van der Waals surface area (Å²) in [4.78, 5) is 11.7. The number of halogens is 1. The summed E-state index contributed by atoms with van der Waals surface area (Å²) in [5.74, 6) is -1.20. The quantitative estimate of drug-likeness (QED) is 0.773. The lowest BCUT2D eigenvalue weighted by atomic mass is 10.1. The third kappa shape index (κ3) is 4.21. The van der Waals surface area contributed by atoms with Crippen molar-refractivity contribution in [2.24, 2.45) is 0 Å². The number of ether oxygens (including phenoxy) is 2. The molecule has 0 saturated carbocycles. The van der Waals surface area contributed by atoms with E-state index in [1.54, 1.807) is 13.0 Å². The Morgan fingerprint density at radius 2 is 2.16 bits per heavy atom. The van der Waals surface area contributed by atoms with Gasteiger partial charge in [-0.25, -0.2) is 9.18 Å². The maximum Gasteiger partial charge on any atom is 0.347 e. The maximum atomic E-state index is 13.7. The van der Waals surface area contributed by atoms with Gasteiger partial charge in [0.05, 0.1) is 13.2 Å². The number of carbonyl (C=O) groups excluding carboxylic acids is 1. The van der Waals surface area contributed by atoms with Crippen molar-refractivity contribution in [2.75, 3.05) is 6.61 Å². The van der Waals surface area contributed by atoms with Crippen LogP contribution in [0, 0.1) is 5.82 Å². The van der Waals surface area contributed by atoms with Gasteiger partial charge in [0.1, 0.15) is 0 Å². The van der Waals surface area contributed by atoms with E-state index in [-0.39, 0.29) is 19.0 Å². The zero-order valence-electron chi connectivity index (χ0n) is 11.2. The summed E-state index contributed by atoms with van der Waals surface area (Å²) in [6, 6.07) is 4.25. The number of para-hydroxylation sites is 1. The lowest BCUT2D eigenvalue weighted by molar-refractivity contribution is -0.151. The van der Waals surface area contributed by atoms with Gasteiger partial charge in [-0.15, -0.1) is 0 Å². The molecular weight excluding hydrogens is 251 g/mol. The standard InChI is InChI=1S/C14H19FO4/c1-3-6-12(14(17)18-4-2)19-13-10(9-16)7-5-8-11(13)15/h5,7-8,12,16H,3-4,6,9H2,1-2H3. The van der Waals surface area contributed by atoms with Gasteiger partial charge in [-0.3, -0.25) is 0 Å². The number of esters is 1. The van der Waals surface area contributed by atoms with E-state index in [4.69, 9.17) is 14.6 Å². The molecule has 0 aliphatic rings. The molecule has 1 N–H and O–H groups in total. The first-order valence-electron chi connectivity index (χ1n) is 6.35. The van der Waals surface area contributed by atoms with Crippen molar-refractivity contribution >= 4 is 5.97 Å². The molecule has 1 aromatic carbocycles. The van der Waals surface area contributed by atoms with Crippen LogP contribution in [0.3, 0.4) is 0 Å². The highest BCUT2D eigenvalue weighted by atomic mass is 19.1. The van der Waals surface area contributed by atoms with Crippen molar-refractivity contribution < 1.29 is 23.8 Å². The molecule has 106 valence electrons. The highest BCUT2D eigenvalue weighted by molar-refractivity contribution is 5.75. The van der Waals surface area contributed by atoms with Gasteiger partial charge in [0.15, 0.2) is 17.7 Å². The van der Waals surface area contributed by atoms with Crippen LogP contribution in [-0.4, -0.2) is 23.8 Å². The molecule has 0 heterocycles. The van der Waals surface area contributed by atoms with Crippen molar-refractivity contribution in [3.63, 3.8) is 0 Å². The second-order valence-electron chi connectivity index (χ2n) is 4.03. The normalized spacial score (nSPS) is 12.0. The SMILES string of the molecule is CCCC(Oc1c(F)cccc1CO)C(=O)OCC. The Morgan fingerprint density at radius 1 is 1.42 bits per heavy atom. The Labute approximate surface area is 112 Å². The van der Waals surface area contributed by atoms with Crippen LogP contribution in [0.4, 0.5) is 4.39 Å². The molecule has 1 aromatic rings. The fraction of sp³-hybridized carbons (Fsp3) is 0.500. The number of hydrogen-bond donors (Lipinski definition) is 1. The number of benzene rings is 1. The van der Waals surface area contributed by atoms with Crippen LogP contribution < -0.4 is 4.74 Å². The molecule has 5 heteroatoms. The molecule has 1 unspecified atom stereocenters. The number of aliphatic hydroxyl groups is 1. The molecule has 4 nitrogen and oxygen atoms in total. The van der Waals surface area contributed by atoms with Crippen LogP contribution in [0.1, 0.15) is 32.3 Å². The van der Waals surface area contributed by atoms with Gasteiger partial charge in [0.25, 0.3) is 0 Å². The second-order valence-corrected chi connectivity index (χ2v) is 4.03. The smallest absolute Gasteiger partial charge is 0.347 e. The van der Waals surface area contributed by atoms with Crippen LogP contribution in [0.25, 0.3) is 0 Å². The van der Waals surface area contributed by atoms with Crippen LogP contribution in [0.5, 0.6) is 5.75 Å². The third-order valence-corrected chi connectivity index (χ3v) is 2.58. The summed E-state index contributed by atoms with van der Waals surface area (Å²) in [5, 5.41) is 9.16. The molecule has 0 bridgehead atoms. The minimum Gasteiger partial charge on any atom is -0.475 e. The molecule has 0 aromatic heterocycles. The average Bonchev–Trinajstić information content (AvgIpc) is 2.40. The monoisotopic (exact) mass is 270 g/mol. The van der Waals surface area contributed by atoms with Gasteiger partial charge < -0.3 is 14.6 Å². The minimum atomic E-state index is -0.854. The molecule has 0 saturated heterocycles. The Balaban J connectivity index is 2.92. The van der Waals surface area contributed by atoms with E-state index in [2.05, 4.69) is 0 Å². The highest BCUT2D eigenvalue weighted by Crippen LogP contribution is 2.25. The topological polar surface area (TPSA) is 55.8 Å². The fourth-order valence-electron chi connectivity index (χ4n) is 1.67.